The second-order valence-electron chi connectivity index (χ2n) is 8.65. The standard InChI is InChI=1S/C31H32N2O4/c1-3-25(22-14-7-5-8-15-22)33-31(35)28-24-18-11-12-19-26(24)32-29(23-16-9-6-10-17-23)30(28)37-21-13-20-27(34)36-4-2/h5-12,14-19,25H,3-4,13,20-21H2,1-2H3,(H,33,35)/t25-/m0/s1. The molecule has 6 heteroatoms. The Balaban J connectivity index is 1.76. The smallest absolute Gasteiger partial charge is 0.305 e. The quantitative estimate of drug-likeness (QED) is 0.189. The zero-order chi connectivity index (χ0) is 26.0. The molecule has 1 N–H and O–H groups in total. The van der Waals surface area contributed by atoms with Gasteiger partial charge in [0.15, 0.2) is 5.75 Å². The molecule has 0 radical (unpaired) electrons. The van der Waals surface area contributed by atoms with E-state index in [1.54, 1.807) is 6.92 Å². The molecule has 190 valence electrons. The molecule has 0 fully saturated rings. The number of carbonyl (C=O) groups is 2. The van der Waals surface area contributed by atoms with E-state index in [0.29, 0.717) is 40.9 Å². The van der Waals surface area contributed by atoms with Crippen molar-refractivity contribution >= 4 is 22.8 Å². The molecule has 0 unspecified atom stereocenters. The Hall–Kier alpha value is -4.19. The van der Waals surface area contributed by atoms with E-state index >= 15 is 0 Å². The highest BCUT2D eigenvalue weighted by Gasteiger charge is 2.25. The minimum absolute atomic E-state index is 0.155. The predicted molar refractivity (Wildman–Crippen MR) is 145 cm³/mol. The van der Waals surface area contributed by atoms with E-state index in [4.69, 9.17) is 14.5 Å². The molecule has 1 atom stereocenters. The van der Waals surface area contributed by atoms with Crippen LogP contribution in [0.25, 0.3) is 22.2 Å². The highest BCUT2D eigenvalue weighted by atomic mass is 16.5. The van der Waals surface area contributed by atoms with Crippen molar-refractivity contribution in [1.29, 1.82) is 0 Å². The molecular weight excluding hydrogens is 464 g/mol. The number of amides is 1. The lowest BCUT2D eigenvalue weighted by molar-refractivity contribution is -0.143. The largest absolute Gasteiger partial charge is 0.490 e. The number of hydrogen-bond donors (Lipinski definition) is 1. The van der Waals surface area contributed by atoms with Gasteiger partial charge < -0.3 is 14.8 Å². The summed E-state index contributed by atoms with van der Waals surface area (Å²) in [5.74, 6) is -0.0846. The van der Waals surface area contributed by atoms with Gasteiger partial charge in [-0.05, 0) is 31.4 Å². The fraction of sp³-hybridized carbons (Fsp3) is 0.258. The fourth-order valence-corrected chi connectivity index (χ4v) is 4.31. The van der Waals surface area contributed by atoms with E-state index in [2.05, 4.69) is 5.32 Å². The molecule has 1 aromatic heterocycles. The molecule has 0 saturated carbocycles. The molecule has 6 nitrogen and oxygen atoms in total. The minimum Gasteiger partial charge on any atom is -0.490 e. The second kappa shape index (κ2) is 12.7. The van der Waals surface area contributed by atoms with Crippen LogP contribution in [0.15, 0.2) is 84.9 Å². The van der Waals surface area contributed by atoms with Crippen LogP contribution >= 0.6 is 0 Å². The lowest BCUT2D eigenvalue weighted by Crippen LogP contribution is -2.29. The zero-order valence-corrected chi connectivity index (χ0v) is 21.3. The van der Waals surface area contributed by atoms with Crippen molar-refractivity contribution in [3.63, 3.8) is 0 Å². The predicted octanol–water partition coefficient (Wildman–Crippen LogP) is 6.51. The van der Waals surface area contributed by atoms with E-state index in [-0.39, 0.29) is 30.9 Å². The van der Waals surface area contributed by atoms with Gasteiger partial charge in [-0.25, -0.2) is 4.98 Å². The number of carbonyl (C=O) groups excluding carboxylic acids is 2. The number of rotatable bonds is 11. The van der Waals surface area contributed by atoms with Crippen molar-refractivity contribution in [1.82, 2.24) is 10.3 Å². The van der Waals surface area contributed by atoms with Gasteiger partial charge in [-0.3, -0.25) is 9.59 Å². The van der Waals surface area contributed by atoms with Gasteiger partial charge in [-0.1, -0.05) is 85.8 Å². The molecule has 4 rings (SSSR count). The summed E-state index contributed by atoms with van der Waals surface area (Å²) in [5, 5.41) is 3.93. The van der Waals surface area contributed by atoms with Crippen molar-refractivity contribution in [2.75, 3.05) is 13.2 Å². The Morgan fingerprint density at radius 2 is 1.57 bits per heavy atom. The van der Waals surface area contributed by atoms with Gasteiger partial charge in [0.1, 0.15) is 5.69 Å². The molecule has 0 spiro atoms. The number of benzene rings is 3. The van der Waals surface area contributed by atoms with Crippen molar-refractivity contribution in [2.24, 2.45) is 0 Å². The van der Waals surface area contributed by atoms with Crippen molar-refractivity contribution in [3.8, 4) is 17.0 Å². The normalized spacial score (nSPS) is 11.6. The van der Waals surface area contributed by atoms with E-state index in [9.17, 15) is 9.59 Å². The molecule has 0 aliphatic rings. The van der Waals surface area contributed by atoms with Crippen molar-refractivity contribution in [3.05, 3.63) is 96.1 Å². The Kier molecular flexibility index (Phi) is 8.87. The van der Waals surface area contributed by atoms with Crippen LogP contribution in [0.5, 0.6) is 5.75 Å². The summed E-state index contributed by atoms with van der Waals surface area (Å²) in [4.78, 5) is 30.7. The number of nitrogens with zero attached hydrogens (tertiary/aromatic N) is 1. The molecule has 37 heavy (non-hydrogen) atoms. The summed E-state index contributed by atoms with van der Waals surface area (Å²) in [6.07, 6.45) is 1.44. The summed E-state index contributed by atoms with van der Waals surface area (Å²) in [6.45, 7) is 4.42. The number of ether oxygens (including phenoxy) is 2. The number of esters is 1. The highest BCUT2D eigenvalue weighted by molar-refractivity contribution is 6.10. The van der Waals surface area contributed by atoms with Crippen LogP contribution in [0.3, 0.4) is 0 Å². The van der Waals surface area contributed by atoms with E-state index in [1.165, 1.54) is 0 Å². The maximum absolute atomic E-state index is 13.9. The number of hydrogen-bond acceptors (Lipinski definition) is 5. The van der Waals surface area contributed by atoms with Crippen LogP contribution in [0.1, 0.15) is 55.1 Å². The van der Waals surface area contributed by atoms with Crippen molar-refractivity contribution < 1.29 is 19.1 Å². The molecular formula is C31H32N2O4. The monoisotopic (exact) mass is 496 g/mol. The third-order valence-corrected chi connectivity index (χ3v) is 6.11. The van der Waals surface area contributed by atoms with Crippen LogP contribution in [0.4, 0.5) is 0 Å². The molecule has 0 saturated heterocycles. The van der Waals surface area contributed by atoms with Gasteiger partial charge >= 0.3 is 5.97 Å². The zero-order valence-electron chi connectivity index (χ0n) is 21.3. The van der Waals surface area contributed by atoms with Crippen LogP contribution in [0, 0.1) is 0 Å². The third-order valence-electron chi connectivity index (χ3n) is 6.11. The fourth-order valence-electron chi connectivity index (χ4n) is 4.31. The Labute approximate surface area is 217 Å². The first-order valence-electron chi connectivity index (χ1n) is 12.7. The van der Waals surface area contributed by atoms with Crippen molar-refractivity contribution in [2.45, 2.75) is 39.2 Å². The molecule has 0 bridgehead atoms. The molecule has 4 aromatic rings. The number of nitrogens with one attached hydrogen (secondary N) is 1. The van der Waals surface area contributed by atoms with Crippen LogP contribution in [-0.2, 0) is 9.53 Å². The summed E-state index contributed by atoms with van der Waals surface area (Å²) < 4.78 is 11.3. The second-order valence-corrected chi connectivity index (χ2v) is 8.65. The number of pyridine rings is 1. The summed E-state index contributed by atoms with van der Waals surface area (Å²) in [5.41, 5.74) is 3.62. The Morgan fingerprint density at radius 3 is 2.27 bits per heavy atom. The lowest BCUT2D eigenvalue weighted by Gasteiger charge is -2.21. The first kappa shape index (κ1) is 25.9. The van der Waals surface area contributed by atoms with Crippen LogP contribution < -0.4 is 10.1 Å². The van der Waals surface area contributed by atoms with Crippen LogP contribution in [-0.4, -0.2) is 30.1 Å². The van der Waals surface area contributed by atoms with Crippen LogP contribution in [0.2, 0.25) is 0 Å². The average Bonchev–Trinajstić information content (AvgIpc) is 2.94. The average molecular weight is 497 g/mol. The number of para-hydroxylation sites is 1. The molecule has 0 aliphatic carbocycles. The lowest BCUT2D eigenvalue weighted by atomic mass is 10.00. The summed E-state index contributed by atoms with van der Waals surface area (Å²) in [6, 6.07) is 27.1. The molecule has 1 amide bonds. The first-order valence-corrected chi connectivity index (χ1v) is 12.7. The maximum atomic E-state index is 13.9. The van der Waals surface area contributed by atoms with E-state index < -0.39 is 0 Å². The first-order chi connectivity index (χ1) is 18.1. The van der Waals surface area contributed by atoms with Gasteiger partial charge in [0.05, 0.1) is 30.3 Å². The van der Waals surface area contributed by atoms with Gasteiger partial charge in [0.2, 0.25) is 0 Å². The molecule has 3 aromatic carbocycles. The number of aromatic nitrogens is 1. The van der Waals surface area contributed by atoms with Gasteiger partial charge in [-0.2, -0.15) is 0 Å². The van der Waals surface area contributed by atoms with Gasteiger partial charge in [0, 0.05) is 17.4 Å². The van der Waals surface area contributed by atoms with Gasteiger partial charge in [0.25, 0.3) is 5.91 Å². The van der Waals surface area contributed by atoms with Gasteiger partial charge in [-0.15, -0.1) is 0 Å². The summed E-state index contributed by atoms with van der Waals surface area (Å²) >= 11 is 0. The third kappa shape index (κ3) is 6.33. The Bertz CT molecular complexity index is 1340. The topological polar surface area (TPSA) is 77.5 Å². The highest BCUT2D eigenvalue weighted by Crippen LogP contribution is 2.37. The molecule has 0 aliphatic heterocycles. The SMILES string of the molecule is CCOC(=O)CCCOc1c(-c2ccccc2)nc2ccccc2c1C(=O)N[C@@H](CC)c1ccccc1. The summed E-state index contributed by atoms with van der Waals surface area (Å²) in [7, 11) is 0. The molecule has 1 heterocycles. The minimum atomic E-state index is -0.266. The van der Waals surface area contributed by atoms with E-state index in [0.717, 1.165) is 17.5 Å². The Morgan fingerprint density at radius 1 is 0.892 bits per heavy atom. The van der Waals surface area contributed by atoms with E-state index in [1.807, 2.05) is 91.9 Å². The maximum Gasteiger partial charge on any atom is 0.305 e. The number of fused-ring (bicyclic) bond motifs is 1.